The van der Waals surface area contributed by atoms with Gasteiger partial charge in [-0.25, -0.2) is 0 Å². The molecule has 1 heterocycles. The number of hydrogen-bond acceptors (Lipinski definition) is 1. The zero-order chi connectivity index (χ0) is 11.6. The van der Waals surface area contributed by atoms with Crippen molar-refractivity contribution in [1.29, 1.82) is 0 Å². The molecule has 0 radical (unpaired) electrons. The zero-order valence-corrected chi connectivity index (χ0v) is 10.8. The van der Waals surface area contributed by atoms with Crippen molar-refractivity contribution >= 4 is 5.91 Å². The van der Waals surface area contributed by atoms with E-state index in [1.807, 2.05) is 0 Å². The van der Waals surface area contributed by atoms with E-state index in [1.165, 1.54) is 57.8 Å². The van der Waals surface area contributed by atoms with Crippen LogP contribution in [0.3, 0.4) is 0 Å². The van der Waals surface area contributed by atoms with Crippen molar-refractivity contribution in [3.8, 4) is 0 Å². The molecule has 1 fully saturated rings. The third kappa shape index (κ3) is 6.14. The van der Waals surface area contributed by atoms with Gasteiger partial charge in [-0.05, 0) is 12.8 Å². The second-order valence-corrected chi connectivity index (χ2v) is 5.07. The first kappa shape index (κ1) is 13.5. The molecule has 0 aliphatic carbocycles. The van der Waals surface area contributed by atoms with Gasteiger partial charge in [0.05, 0.1) is 0 Å². The molecule has 1 unspecified atom stereocenters. The van der Waals surface area contributed by atoms with Crippen LogP contribution in [0, 0.1) is 0 Å². The molecule has 94 valence electrons. The Morgan fingerprint density at radius 3 is 2.25 bits per heavy atom. The van der Waals surface area contributed by atoms with Crippen LogP contribution in [0.15, 0.2) is 0 Å². The third-order valence-corrected chi connectivity index (χ3v) is 3.49. The predicted molar refractivity (Wildman–Crippen MR) is 68.4 cm³/mol. The number of nitrogens with one attached hydrogen (secondary N) is 1. The SMILES string of the molecule is CCCCCCCCCCC1CCC(=O)N1. The fraction of sp³-hybridized carbons (Fsp3) is 0.929. The van der Waals surface area contributed by atoms with Crippen LogP contribution in [0.2, 0.25) is 0 Å². The maximum Gasteiger partial charge on any atom is 0.220 e. The molecule has 1 atom stereocenters. The van der Waals surface area contributed by atoms with E-state index in [-0.39, 0.29) is 5.91 Å². The Hall–Kier alpha value is -0.530. The van der Waals surface area contributed by atoms with Crippen LogP contribution in [0.5, 0.6) is 0 Å². The summed E-state index contributed by atoms with van der Waals surface area (Å²) in [6.07, 6.45) is 14.0. The van der Waals surface area contributed by atoms with Crippen molar-refractivity contribution in [2.24, 2.45) is 0 Å². The molecule has 1 saturated heterocycles. The fourth-order valence-corrected chi connectivity index (χ4v) is 2.42. The van der Waals surface area contributed by atoms with Gasteiger partial charge in [0, 0.05) is 12.5 Å². The van der Waals surface area contributed by atoms with Crippen molar-refractivity contribution in [1.82, 2.24) is 5.32 Å². The Bertz CT molecular complexity index is 191. The molecule has 0 aromatic rings. The predicted octanol–water partition coefficient (Wildman–Crippen LogP) is 3.80. The first-order valence-corrected chi connectivity index (χ1v) is 7.12. The molecule has 1 rings (SSSR count). The highest BCUT2D eigenvalue weighted by Gasteiger charge is 2.19. The summed E-state index contributed by atoms with van der Waals surface area (Å²) in [7, 11) is 0. The summed E-state index contributed by atoms with van der Waals surface area (Å²) in [4.78, 5) is 11.0. The van der Waals surface area contributed by atoms with Gasteiger partial charge in [0.1, 0.15) is 0 Å². The van der Waals surface area contributed by atoms with Gasteiger partial charge >= 0.3 is 0 Å². The lowest BCUT2D eigenvalue weighted by Crippen LogP contribution is -2.24. The number of unbranched alkanes of at least 4 members (excludes halogenated alkanes) is 7. The first-order valence-electron chi connectivity index (χ1n) is 7.12. The van der Waals surface area contributed by atoms with E-state index in [4.69, 9.17) is 0 Å². The molecule has 2 heteroatoms. The van der Waals surface area contributed by atoms with Crippen LogP contribution in [0.25, 0.3) is 0 Å². The summed E-state index contributed by atoms with van der Waals surface area (Å²) in [6.45, 7) is 2.26. The van der Waals surface area contributed by atoms with Gasteiger partial charge in [-0.2, -0.15) is 0 Å². The van der Waals surface area contributed by atoms with Gasteiger partial charge in [0.2, 0.25) is 5.91 Å². The van der Waals surface area contributed by atoms with E-state index in [1.54, 1.807) is 0 Å². The summed E-state index contributed by atoms with van der Waals surface area (Å²) in [5.41, 5.74) is 0. The zero-order valence-electron chi connectivity index (χ0n) is 10.8. The highest BCUT2D eigenvalue weighted by molar-refractivity contribution is 5.78. The van der Waals surface area contributed by atoms with Gasteiger partial charge in [0.15, 0.2) is 0 Å². The highest BCUT2D eigenvalue weighted by Crippen LogP contribution is 2.15. The molecule has 1 N–H and O–H groups in total. The number of hydrogen-bond donors (Lipinski definition) is 1. The molecule has 0 aromatic heterocycles. The smallest absolute Gasteiger partial charge is 0.220 e. The third-order valence-electron chi connectivity index (χ3n) is 3.49. The average molecular weight is 225 g/mol. The van der Waals surface area contributed by atoms with Gasteiger partial charge in [-0.3, -0.25) is 4.79 Å². The quantitative estimate of drug-likeness (QED) is 0.594. The Kier molecular flexibility index (Phi) is 7.28. The molecule has 0 spiro atoms. The number of carbonyl (C=O) groups excluding carboxylic acids is 1. The molecule has 2 nitrogen and oxygen atoms in total. The molecular weight excluding hydrogens is 198 g/mol. The van der Waals surface area contributed by atoms with E-state index >= 15 is 0 Å². The maximum absolute atomic E-state index is 11.0. The van der Waals surface area contributed by atoms with Crippen molar-refractivity contribution in [2.45, 2.75) is 83.6 Å². The van der Waals surface area contributed by atoms with E-state index in [0.717, 1.165) is 12.8 Å². The summed E-state index contributed by atoms with van der Waals surface area (Å²) in [5, 5.41) is 3.03. The van der Waals surface area contributed by atoms with Crippen molar-refractivity contribution in [3.63, 3.8) is 0 Å². The van der Waals surface area contributed by atoms with Gasteiger partial charge in [-0.1, -0.05) is 58.3 Å². The maximum atomic E-state index is 11.0. The van der Waals surface area contributed by atoms with E-state index in [2.05, 4.69) is 12.2 Å². The fourth-order valence-electron chi connectivity index (χ4n) is 2.42. The molecular formula is C14H27NO. The van der Waals surface area contributed by atoms with Crippen LogP contribution in [0.1, 0.15) is 77.6 Å². The highest BCUT2D eigenvalue weighted by atomic mass is 16.1. The summed E-state index contributed by atoms with van der Waals surface area (Å²) in [5.74, 6) is 0.254. The van der Waals surface area contributed by atoms with E-state index in [9.17, 15) is 4.79 Å². The lowest BCUT2D eigenvalue weighted by molar-refractivity contribution is -0.119. The molecule has 0 aromatic carbocycles. The molecule has 1 aliphatic rings. The van der Waals surface area contributed by atoms with Crippen LogP contribution in [-0.2, 0) is 4.79 Å². The van der Waals surface area contributed by atoms with Gasteiger partial charge < -0.3 is 5.32 Å². The van der Waals surface area contributed by atoms with E-state index in [0.29, 0.717) is 6.04 Å². The van der Waals surface area contributed by atoms with E-state index < -0.39 is 0 Å². The van der Waals surface area contributed by atoms with Gasteiger partial charge in [-0.15, -0.1) is 0 Å². The van der Waals surface area contributed by atoms with Crippen LogP contribution in [0.4, 0.5) is 0 Å². The lowest BCUT2D eigenvalue weighted by Gasteiger charge is -2.08. The van der Waals surface area contributed by atoms with Gasteiger partial charge in [0.25, 0.3) is 0 Å². The first-order chi connectivity index (χ1) is 7.83. The number of rotatable bonds is 9. The Morgan fingerprint density at radius 1 is 1.06 bits per heavy atom. The Morgan fingerprint density at radius 2 is 1.69 bits per heavy atom. The number of carbonyl (C=O) groups is 1. The summed E-state index contributed by atoms with van der Waals surface area (Å²) in [6, 6.07) is 0.493. The van der Waals surface area contributed by atoms with Crippen molar-refractivity contribution < 1.29 is 4.79 Å². The Balaban J connectivity index is 1.79. The topological polar surface area (TPSA) is 29.1 Å². The molecule has 16 heavy (non-hydrogen) atoms. The normalized spacial score (nSPS) is 20.1. The number of amides is 1. The summed E-state index contributed by atoms with van der Waals surface area (Å²) < 4.78 is 0. The minimum atomic E-state index is 0.254. The molecule has 1 aliphatic heterocycles. The Labute approximate surface area is 100 Å². The van der Waals surface area contributed by atoms with Crippen molar-refractivity contribution in [2.75, 3.05) is 0 Å². The molecule has 0 saturated carbocycles. The van der Waals surface area contributed by atoms with Crippen LogP contribution < -0.4 is 5.32 Å². The monoisotopic (exact) mass is 225 g/mol. The second-order valence-electron chi connectivity index (χ2n) is 5.07. The average Bonchev–Trinajstić information content (AvgIpc) is 2.68. The lowest BCUT2D eigenvalue weighted by atomic mass is 10.0. The second kappa shape index (κ2) is 8.60. The van der Waals surface area contributed by atoms with Crippen LogP contribution >= 0.6 is 0 Å². The van der Waals surface area contributed by atoms with Crippen molar-refractivity contribution in [3.05, 3.63) is 0 Å². The largest absolute Gasteiger partial charge is 0.353 e. The molecule has 0 bridgehead atoms. The minimum Gasteiger partial charge on any atom is -0.353 e. The standard InChI is InChI=1S/C14H27NO/c1-2-3-4-5-6-7-8-9-10-13-11-12-14(16)15-13/h13H,2-12H2,1H3,(H,15,16). The summed E-state index contributed by atoms with van der Waals surface area (Å²) >= 11 is 0. The van der Waals surface area contributed by atoms with Crippen LogP contribution in [-0.4, -0.2) is 11.9 Å². The minimum absolute atomic E-state index is 0.254. The molecule has 1 amide bonds.